The van der Waals surface area contributed by atoms with Crippen molar-refractivity contribution in [3.05, 3.63) is 188 Å². The molecule has 6 aromatic carbocycles. The van der Waals surface area contributed by atoms with E-state index in [1.54, 1.807) is 0 Å². The van der Waals surface area contributed by atoms with E-state index in [0.717, 1.165) is 61.5 Å². The third-order valence-corrected chi connectivity index (χ3v) is 9.84. The first-order valence-corrected chi connectivity index (χ1v) is 18.3. The average molecular weight is 696 g/mol. The number of rotatable bonds is 8. The maximum atomic E-state index is 5.14. The van der Waals surface area contributed by atoms with Gasteiger partial charge in [-0.2, -0.15) is 0 Å². The van der Waals surface area contributed by atoms with E-state index in [9.17, 15) is 0 Å². The fourth-order valence-corrected chi connectivity index (χ4v) is 6.99. The number of hydrogen-bond acceptors (Lipinski definition) is 4. The SMILES string of the molecule is CC(C)c1cc(-c2cccc(-c3nc4ccccn4c3-c3ccccc3)c2)cc(-c2nc(-c3ccccc3)nc(-c3ccc(-c4ccccc4)cc3)n2)c1. The number of nitrogens with zero attached hydrogens (tertiary/aromatic N) is 5. The molecular formula is C49H37N5. The molecule has 0 aliphatic rings. The number of benzene rings is 6. The van der Waals surface area contributed by atoms with Crippen LogP contribution in [0.3, 0.4) is 0 Å². The highest BCUT2D eigenvalue weighted by atomic mass is 15.0. The van der Waals surface area contributed by atoms with Crippen molar-refractivity contribution in [1.29, 1.82) is 0 Å². The van der Waals surface area contributed by atoms with Crippen LogP contribution in [0.15, 0.2) is 182 Å². The van der Waals surface area contributed by atoms with Crippen molar-refractivity contribution in [1.82, 2.24) is 24.3 Å². The normalized spacial score (nSPS) is 11.3. The maximum absolute atomic E-state index is 5.14. The van der Waals surface area contributed by atoms with Crippen molar-refractivity contribution >= 4 is 5.65 Å². The maximum Gasteiger partial charge on any atom is 0.164 e. The fraction of sp³-hybridized carbons (Fsp3) is 0.0612. The lowest BCUT2D eigenvalue weighted by atomic mass is 9.93. The highest BCUT2D eigenvalue weighted by Crippen LogP contribution is 2.37. The topological polar surface area (TPSA) is 56.0 Å². The Bertz CT molecular complexity index is 2720. The summed E-state index contributed by atoms with van der Waals surface area (Å²) in [7, 11) is 0. The molecule has 0 bridgehead atoms. The van der Waals surface area contributed by atoms with Gasteiger partial charge in [0.2, 0.25) is 0 Å². The highest BCUT2D eigenvalue weighted by molar-refractivity contribution is 5.85. The van der Waals surface area contributed by atoms with Crippen molar-refractivity contribution in [2.24, 2.45) is 0 Å². The van der Waals surface area contributed by atoms with Crippen LogP contribution in [0.1, 0.15) is 25.3 Å². The molecule has 0 aliphatic carbocycles. The van der Waals surface area contributed by atoms with Gasteiger partial charge in [-0.25, -0.2) is 19.9 Å². The molecule has 0 spiro atoms. The molecule has 0 unspecified atom stereocenters. The summed E-state index contributed by atoms with van der Waals surface area (Å²) in [4.78, 5) is 20.4. The zero-order valence-corrected chi connectivity index (χ0v) is 30.1. The molecule has 0 fully saturated rings. The van der Waals surface area contributed by atoms with E-state index >= 15 is 0 Å². The summed E-state index contributed by atoms with van der Waals surface area (Å²) in [6.07, 6.45) is 2.08. The highest BCUT2D eigenvalue weighted by Gasteiger charge is 2.18. The first-order chi connectivity index (χ1) is 26.6. The summed E-state index contributed by atoms with van der Waals surface area (Å²) in [6, 6.07) is 61.1. The lowest BCUT2D eigenvalue weighted by Gasteiger charge is -2.14. The second kappa shape index (κ2) is 14.2. The molecular weight excluding hydrogens is 659 g/mol. The van der Waals surface area contributed by atoms with Crippen LogP contribution in [-0.2, 0) is 0 Å². The van der Waals surface area contributed by atoms with E-state index in [2.05, 4.69) is 152 Å². The van der Waals surface area contributed by atoms with E-state index in [1.165, 1.54) is 11.1 Å². The monoisotopic (exact) mass is 695 g/mol. The zero-order chi connectivity index (χ0) is 36.4. The van der Waals surface area contributed by atoms with Gasteiger partial charge < -0.3 is 0 Å². The van der Waals surface area contributed by atoms with Crippen LogP contribution < -0.4 is 0 Å². The Labute approximate surface area is 315 Å². The van der Waals surface area contributed by atoms with Crippen LogP contribution in [0.4, 0.5) is 0 Å². The van der Waals surface area contributed by atoms with Gasteiger partial charge >= 0.3 is 0 Å². The largest absolute Gasteiger partial charge is 0.299 e. The van der Waals surface area contributed by atoms with Crippen LogP contribution in [0, 0.1) is 0 Å². The number of hydrogen-bond donors (Lipinski definition) is 0. The molecule has 3 heterocycles. The van der Waals surface area contributed by atoms with Crippen LogP contribution >= 0.6 is 0 Å². The Balaban J connectivity index is 1.17. The van der Waals surface area contributed by atoms with Gasteiger partial charge in [-0.05, 0) is 64.1 Å². The molecule has 5 nitrogen and oxygen atoms in total. The van der Waals surface area contributed by atoms with Gasteiger partial charge in [-0.1, -0.05) is 159 Å². The van der Waals surface area contributed by atoms with E-state index in [1.807, 2.05) is 48.5 Å². The lowest BCUT2D eigenvalue weighted by molar-refractivity contribution is 0.867. The van der Waals surface area contributed by atoms with Crippen LogP contribution in [0.5, 0.6) is 0 Å². The minimum absolute atomic E-state index is 0.287. The number of aromatic nitrogens is 5. The van der Waals surface area contributed by atoms with E-state index < -0.39 is 0 Å². The van der Waals surface area contributed by atoms with Crippen LogP contribution in [0.2, 0.25) is 0 Å². The van der Waals surface area contributed by atoms with E-state index in [0.29, 0.717) is 17.5 Å². The summed E-state index contributed by atoms with van der Waals surface area (Å²) in [5.41, 5.74) is 13.7. The molecule has 9 rings (SSSR count). The Morgan fingerprint density at radius 1 is 0.370 bits per heavy atom. The predicted molar refractivity (Wildman–Crippen MR) is 221 cm³/mol. The molecule has 0 N–H and O–H groups in total. The fourth-order valence-electron chi connectivity index (χ4n) is 6.99. The van der Waals surface area contributed by atoms with Gasteiger partial charge in [0.05, 0.1) is 11.4 Å². The van der Waals surface area contributed by atoms with E-state index in [4.69, 9.17) is 19.9 Å². The smallest absolute Gasteiger partial charge is 0.164 e. The average Bonchev–Trinajstić information content (AvgIpc) is 3.64. The summed E-state index contributed by atoms with van der Waals surface area (Å²) in [5, 5.41) is 0. The quantitative estimate of drug-likeness (QED) is 0.159. The summed E-state index contributed by atoms with van der Waals surface area (Å²) >= 11 is 0. The van der Waals surface area contributed by atoms with Gasteiger partial charge in [-0.15, -0.1) is 0 Å². The first kappa shape index (κ1) is 32.9. The summed E-state index contributed by atoms with van der Waals surface area (Å²) in [5.74, 6) is 2.20. The van der Waals surface area contributed by atoms with Crippen LogP contribution in [0.25, 0.3) is 84.6 Å². The summed E-state index contributed by atoms with van der Waals surface area (Å²) < 4.78 is 2.17. The number of pyridine rings is 1. The molecule has 9 aromatic rings. The Hall–Kier alpha value is -6.98. The minimum Gasteiger partial charge on any atom is -0.299 e. The zero-order valence-electron chi connectivity index (χ0n) is 30.1. The van der Waals surface area contributed by atoms with Gasteiger partial charge in [0, 0.05) is 34.0 Å². The molecule has 0 amide bonds. The molecule has 54 heavy (non-hydrogen) atoms. The summed E-state index contributed by atoms with van der Waals surface area (Å²) in [6.45, 7) is 4.45. The standard InChI is InChI=1S/C49H37N5/c1-33(2)41-30-42(39-21-14-22-40(29-39)45-46(36-17-8-4-9-18-36)54-28-13-12-23-44(54)50-45)32-43(31-41)49-52-47(37-19-10-5-11-20-37)51-48(53-49)38-26-24-35(25-27-38)34-15-6-3-7-16-34/h3-33H,1-2H3. The molecule has 0 atom stereocenters. The third kappa shape index (κ3) is 6.48. The minimum atomic E-state index is 0.287. The first-order valence-electron chi connectivity index (χ1n) is 18.3. The predicted octanol–water partition coefficient (Wildman–Crippen LogP) is 12.3. The Kier molecular flexibility index (Phi) is 8.66. The van der Waals surface area contributed by atoms with Gasteiger partial charge in [-0.3, -0.25) is 4.40 Å². The Morgan fingerprint density at radius 2 is 0.852 bits per heavy atom. The Morgan fingerprint density at radius 3 is 1.52 bits per heavy atom. The third-order valence-electron chi connectivity index (χ3n) is 9.84. The van der Waals surface area contributed by atoms with Crippen molar-refractivity contribution in [2.75, 3.05) is 0 Å². The molecule has 0 saturated heterocycles. The van der Waals surface area contributed by atoms with Crippen molar-refractivity contribution in [3.8, 4) is 78.9 Å². The number of imidazole rings is 1. The second-order valence-corrected chi connectivity index (χ2v) is 13.8. The second-order valence-electron chi connectivity index (χ2n) is 13.8. The molecule has 0 saturated carbocycles. The lowest BCUT2D eigenvalue weighted by Crippen LogP contribution is -2.01. The molecule has 0 radical (unpaired) electrons. The van der Waals surface area contributed by atoms with Gasteiger partial charge in [0.1, 0.15) is 5.65 Å². The van der Waals surface area contributed by atoms with E-state index in [-0.39, 0.29) is 5.92 Å². The number of fused-ring (bicyclic) bond motifs is 1. The molecule has 3 aromatic heterocycles. The van der Waals surface area contributed by atoms with Crippen molar-refractivity contribution in [3.63, 3.8) is 0 Å². The van der Waals surface area contributed by atoms with Gasteiger partial charge in [0.25, 0.3) is 0 Å². The van der Waals surface area contributed by atoms with Gasteiger partial charge in [0.15, 0.2) is 17.5 Å². The van der Waals surface area contributed by atoms with Crippen molar-refractivity contribution < 1.29 is 0 Å². The van der Waals surface area contributed by atoms with Crippen molar-refractivity contribution in [2.45, 2.75) is 19.8 Å². The molecule has 5 heteroatoms. The van der Waals surface area contributed by atoms with Crippen LogP contribution in [-0.4, -0.2) is 24.3 Å². The molecule has 0 aliphatic heterocycles. The molecule has 258 valence electrons.